The lowest BCUT2D eigenvalue weighted by Crippen LogP contribution is -2.20. The lowest BCUT2D eigenvalue weighted by atomic mass is 10.2. The smallest absolute Gasteiger partial charge is 0.0544 e. The average molecular weight is 290 g/mol. The van der Waals surface area contributed by atoms with Crippen molar-refractivity contribution in [2.75, 3.05) is 13.1 Å². The number of hydrogen-bond donors (Lipinski definition) is 0. The second-order valence-corrected chi connectivity index (χ2v) is 5.63. The van der Waals surface area contributed by atoms with Crippen LogP contribution in [0, 0.1) is 5.92 Å². The van der Waals surface area contributed by atoms with Crippen molar-refractivity contribution in [2.45, 2.75) is 18.8 Å². The Morgan fingerprint density at radius 1 is 1.53 bits per heavy atom. The van der Waals surface area contributed by atoms with Crippen LogP contribution in [-0.4, -0.2) is 28.4 Å². The minimum absolute atomic E-state index is 0.292. The second-order valence-electron chi connectivity index (χ2n) is 4.16. The van der Waals surface area contributed by atoms with Crippen LogP contribution in [0.4, 0.5) is 0 Å². The fourth-order valence-electron chi connectivity index (χ4n) is 1.88. The van der Waals surface area contributed by atoms with Gasteiger partial charge in [-0.15, -0.1) is 11.6 Å². The molecule has 1 saturated heterocycles. The summed E-state index contributed by atoms with van der Waals surface area (Å²) in [5.74, 6) is 0.585. The maximum atomic E-state index is 6.18. The molecular formula is C11H14BrClN2. The zero-order valence-corrected chi connectivity index (χ0v) is 11.0. The van der Waals surface area contributed by atoms with Crippen LogP contribution in [-0.2, 0) is 6.54 Å². The Labute approximate surface area is 104 Å². The predicted molar refractivity (Wildman–Crippen MR) is 66.0 cm³/mol. The van der Waals surface area contributed by atoms with Crippen LogP contribution >= 0.6 is 27.5 Å². The van der Waals surface area contributed by atoms with Gasteiger partial charge in [0.1, 0.15) is 0 Å². The summed E-state index contributed by atoms with van der Waals surface area (Å²) in [6, 6.07) is 4.08. The zero-order chi connectivity index (χ0) is 10.8. The van der Waals surface area contributed by atoms with Crippen LogP contribution in [0.1, 0.15) is 12.6 Å². The molecule has 0 radical (unpaired) electrons. The van der Waals surface area contributed by atoms with E-state index in [0.717, 1.165) is 29.8 Å². The van der Waals surface area contributed by atoms with E-state index < -0.39 is 0 Å². The van der Waals surface area contributed by atoms with Gasteiger partial charge in [0.05, 0.1) is 11.1 Å². The number of halogens is 2. The van der Waals surface area contributed by atoms with E-state index in [0.29, 0.717) is 11.3 Å². The molecule has 2 atom stereocenters. The second kappa shape index (κ2) is 4.81. The van der Waals surface area contributed by atoms with Crippen molar-refractivity contribution in [3.05, 3.63) is 28.5 Å². The summed E-state index contributed by atoms with van der Waals surface area (Å²) in [6.07, 6.45) is 1.84. The average Bonchev–Trinajstić information content (AvgIpc) is 2.50. The number of alkyl halides is 1. The Bertz CT molecular complexity index is 318. The van der Waals surface area contributed by atoms with Gasteiger partial charge in [0.25, 0.3) is 0 Å². The SMILES string of the molecule is CC1CN(Cc2ccc(Br)cn2)CC1Cl. The van der Waals surface area contributed by atoms with Crippen molar-refractivity contribution in [3.63, 3.8) is 0 Å². The molecule has 0 spiro atoms. The molecule has 15 heavy (non-hydrogen) atoms. The van der Waals surface area contributed by atoms with Crippen molar-refractivity contribution in [3.8, 4) is 0 Å². The Hall–Kier alpha value is -0.120. The first-order chi connectivity index (χ1) is 7.15. The number of pyridine rings is 1. The summed E-state index contributed by atoms with van der Waals surface area (Å²) in [5, 5.41) is 0.292. The Kier molecular flexibility index (Phi) is 3.65. The highest BCUT2D eigenvalue weighted by Crippen LogP contribution is 2.22. The largest absolute Gasteiger partial charge is 0.296 e. The lowest BCUT2D eigenvalue weighted by Gasteiger charge is -2.14. The van der Waals surface area contributed by atoms with E-state index in [1.807, 2.05) is 12.3 Å². The van der Waals surface area contributed by atoms with Gasteiger partial charge in [-0.3, -0.25) is 9.88 Å². The third kappa shape index (κ3) is 2.92. The molecule has 4 heteroatoms. The maximum absolute atomic E-state index is 6.18. The van der Waals surface area contributed by atoms with E-state index in [1.165, 1.54) is 0 Å². The first kappa shape index (κ1) is 11.4. The fourth-order valence-corrected chi connectivity index (χ4v) is 2.39. The Balaban J connectivity index is 1.95. The molecule has 0 saturated carbocycles. The molecule has 0 amide bonds. The fraction of sp³-hybridized carbons (Fsp3) is 0.545. The van der Waals surface area contributed by atoms with E-state index in [9.17, 15) is 0 Å². The van der Waals surface area contributed by atoms with Crippen LogP contribution in [0.25, 0.3) is 0 Å². The molecule has 2 unspecified atom stereocenters. The molecule has 0 aliphatic carbocycles. The standard InChI is InChI=1S/C11H14BrClN2/c1-8-5-15(7-11(8)13)6-10-3-2-9(12)4-14-10/h2-4,8,11H,5-7H2,1H3. The number of likely N-dealkylation sites (tertiary alicyclic amines) is 1. The Morgan fingerprint density at radius 2 is 2.33 bits per heavy atom. The third-order valence-electron chi connectivity index (χ3n) is 2.77. The molecular weight excluding hydrogens is 275 g/mol. The van der Waals surface area contributed by atoms with Gasteiger partial charge in [-0.1, -0.05) is 6.92 Å². The monoisotopic (exact) mass is 288 g/mol. The van der Waals surface area contributed by atoms with Gasteiger partial charge in [-0.25, -0.2) is 0 Å². The number of nitrogens with zero attached hydrogens (tertiary/aromatic N) is 2. The summed E-state index contributed by atoms with van der Waals surface area (Å²) >= 11 is 9.56. The number of hydrogen-bond acceptors (Lipinski definition) is 2. The molecule has 1 aliphatic heterocycles. The van der Waals surface area contributed by atoms with Crippen molar-refractivity contribution in [2.24, 2.45) is 5.92 Å². The Morgan fingerprint density at radius 3 is 2.87 bits per heavy atom. The number of aromatic nitrogens is 1. The summed E-state index contributed by atoms with van der Waals surface area (Å²) in [5.41, 5.74) is 1.11. The van der Waals surface area contributed by atoms with Crippen LogP contribution in [0.3, 0.4) is 0 Å². The summed E-state index contributed by atoms with van der Waals surface area (Å²) in [6.45, 7) is 5.15. The third-order valence-corrected chi connectivity index (χ3v) is 3.81. The van der Waals surface area contributed by atoms with E-state index in [2.05, 4.69) is 38.8 Å². The van der Waals surface area contributed by atoms with Gasteiger partial charge in [0.2, 0.25) is 0 Å². The van der Waals surface area contributed by atoms with Crippen molar-refractivity contribution in [1.29, 1.82) is 0 Å². The van der Waals surface area contributed by atoms with Crippen LogP contribution in [0.5, 0.6) is 0 Å². The topological polar surface area (TPSA) is 16.1 Å². The van der Waals surface area contributed by atoms with Crippen LogP contribution in [0.2, 0.25) is 0 Å². The summed E-state index contributed by atoms with van der Waals surface area (Å²) in [4.78, 5) is 6.72. The van der Waals surface area contributed by atoms with Crippen molar-refractivity contribution < 1.29 is 0 Å². The quantitative estimate of drug-likeness (QED) is 0.778. The van der Waals surface area contributed by atoms with Gasteiger partial charge in [-0.2, -0.15) is 0 Å². The van der Waals surface area contributed by atoms with Crippen molar-refractivity contribution >= 4 is 27.5 Å². The molecule has 1 fully saturated rings. The van der Waals surface area contributed by atoms with Gasteiger partial charge in [0, 0.05) is 30.3 Å². The summed E-state index contributed by atoms with van der Waals surface area (Å²) < 4.78 is 1.02. The molecule has 1 aromatic rings. The van der Waals surface area contributed by atoms with E-state index in [1.54, 1.807) is 0 Å². The van der Waals surface area contributed by atoms with E-state index >= 15 is 0 Å². The van der Waals surface area contributed by atoms with Crippen LogP contribution in [0.15, 0.2) is 22.8 Å². The zero-order valence-electron chi connectivity index (χ0n) is 8.66. The first-order valence-electron chi connectivity index (χ1n) is 5.12. The minimum Gasteiger partial charge on any atom is -0.296 e. The highest BCUT2D eigenvalue weighted by atomic mass is 79.9. The van der Waals surface area contributed by atoms with Gasteiger partial charge in [0.15, 0.2) is 0 Å². The van der Waals surface area contributed by atoms with E-state index in [4.69, 9.17) is 11.6 Å². The maximum Gasteiger partial charge on any atom is 0.0544 e. The highest BCUT2D eigenvalue weighted by Gasteiger charge is 2.27. The number of rotatable bonds is 2. The molecule has 0 bridgehead atoms. The molecule has 0 N–H and O–H groups in total. The lowest BCUT2D eigenvalue weighted by molar-refractivity contribution is 0.316. The van der Waals surface area contributed by atoms with Gasteiger partial charge in [-0.05, 0) is 34.0 Å². The molecule has 2 nitrogen and oxygen atoms in total. The summed E-state index contributed by atoms with van der Waals surface area (Å²) in [7, 11) is 0. The first-order valence-corrected chi connectivity index (χ1v) is 6.35. The highest BCUT2D eigenvalue weighted by molar-refractivity contribution is 9.10. The molecule has 1 aromatic heterocycles. The van der Waals surface area contributed by atoms with E-state index in [-0.39, 0.29) is 0 Å². The molecule has 1 aliphatic rings. The minimum atomic E-state index is 0.292. The molecule has 2 rings (SSSR count). The van der Waals surface area contributed by atoms with Crippen molar-refractivity contribution in [1.82, 2.24) is 9.88 Å². The predicted octanol–water partition coefficient (Wildman–Crippen LogP) is 2.90. The molecule has 82 valence electrons. The van der Waals surface area contributed by atoms with Crippen LogP contribution < -0.4 is 0 Å². The molecule has 0 aromatic carbocycles. The molecule has 2 heterocycles. The normalized spacial score (nSPS) is 27.1. The van der Waals surface area contributed by atoms with Gasteiger partial charge < -0.3 is 0 Å². The van der Waals surface area contributed by atoms with Gasteiger partial charge >= 0.3 is 0 Å².